The van der Waals surface area contributed by atoms with Gasteiger partial charge >= 0.3 is 0 Å². The van der Waals surface area contributed by atoms with Crippen LogP contribution in [0.5, 0.6) is 5.75 Å². The van der Waals surface area contributed by atoms with Crippen LogP contribution in [-0.2, 0) is 4.79 Å². The molecule has 0 aliphatic carbocycles. The highest BCUT2D eigenvalue weighted by Crippen LogP contribution is 2.32. The minimum Gasteiger partial charge on any atom is -0.490 e. The molecule has 3 aromatic rings. The second-order valence-electron chi connectivity index (χ2n) is 7.58. The molecule has 0 aliphatic heterocycles. The number of hydrogen-bond donors (Lipinski definition) is 3. The Hall–Kier alpha value is -3.05. The summed E-state index contributed by atoms with van der Waals surface area (Å²) in [6.07, 6.45) is 2.53. The fourth-order valence-corrected chi connectivity index (χ4v) is 3.38. The van der Waals surface area contributed by atoms with Gasteiger partial charge in [-0.15, -0.1) is 0 Å². The van der Waals surface area contributed by atoms with E-state index in [1.165, 1.54) is 18.5 Å². The molecule has 176 valence electrons. The Morgan fingerprint density at radius 2 is 2.00 bits per heavy atom. The molecule has 2 aromatic carbocycles. The fourth-order valence-electron chi connectivity index (χ4n) is 3.07. The molecule has 1 amide bonds. The van der Waals surface area contributed by atoms with Gasteiger partial charge in [0.05, 0.1) is 27.9 Å². The molecule has 0 atom stereocenters. The molecule has 0 bridgehead atoms. The van der Waals surface area contributed by atoms with Crippen molar-refractivity contribution < 1.29 is 18.3 Å². The van der Waals surface area contributed by atoms with Gasteiger partial charge in [0, 0.05) is 17.9 Å². The van der Waals surface area contributed by atoms with Gasteiger partial charge in [0.25, 0.3) is 0 Å². The standard InChI is InChI=1S/C22H25BrF2N6O2/c1-31(2)8-3-4-19(32)27-7-9-33-18-11-17-13(10-15(18)26)22(29-12-28-17)30-16-6-5-14(23)20(24)21(16)25/h5-6,10-12H,3-4,7-9,26H2,1-2H3,(H,27,32)(H,28,29,30). The topological polar surface area (TPSA) is 105 Å². The number of amides is 1. The van der Waals surface area contributed by atoms with Crippen molar-refractivity contribution in [2.45, 2.75) is 12.8 Å². The third-order valence-electron chi connectivity index (χ3n) is 4.75. The van der Waals surface area contributed by atoms with Crippen LogP contribution in [0.1, 0.15) is 12.8 Å². The minimum atomic E-state index is -1.03. The molecule has 0 fully saturated rings. The summed E-state index contributed by atoms with van der Waals surface area (Å²) in [4.78, 5) is 22.2. The van der Waals surface area contributed by atoms with Gasteiger partial charge in [0.1, 0.15) is 24.5 Å². The smallest absolute Gasteiger partial charge is 0.220 e. The average molecular weight is 523 g/mol. The van der Waals surface area contributed by atoms with Crippen LogP contribution in [-0.4, -0.2) is 54.6 Å². The van der Waals surface area contributed by atoms with Crippen LogP contribution in [0.4, 0.5) is 26.0 Å². The van der Waals surface area contributed by atoms with Gasteiger partial charge in [-0.3, -0.25) is 4.79 Å². The number of nitrogens with zero attached hydrogens (tertiary/aromatic N) is 3. The summed E-state index contributed by atoms with van der Waals surface area (Å²) < 4.78 is 33.8. The van der Waals surface area contributed by atoms with E-state index >= 15 is 0 Å². The van der Waals surface area contributed by atoms with E-state index in [2.05, 4.69) is 36.5 Å². The molecule has 11 heteroatoms. The number of hydrogen-bond acceptors (Lipinski definition) is 7. The van der Waals surface area contributed by atoms with Crippen molar-refractivity contribution in [1.82, 2.24) is 20.2 Å². The molecule has 3 rings (SSSR count). The molecule has 0 unspecified atom stereocenters. The second kappa shape index (κ2) is 11.2. The first-order valence-electron chi connectivity index (χ1n) is 10.2. The molecule has 0 saturated heterocycles. The van der Waals surface area contributed by atoms with Gasteiger partial charge in [0.2, 0.25) is 5.91 Å². The predicted octanol–water partition coefficient (Wildman–Crippen LogP) is 3.83. The zero-order valence-electron chi connectivity index (χ0n) is 18.3. The number of carbonyl (C=O) groups is 1. The van der Waals surface area contributed by atoms with Crippen LogP contribution in [0, 0.1) is 11.6 Å². The largest absolute Gasteiger partial charge is 0.490 e. The molecule has 0 saturated carbocycles. The van der Waals surface area contributed by atoms with Gasteiger partial charge in [-0.2, -0.15) is 0 Å². The predicted molar refractivity (Wildman–Crippen MR) is 128 cm³/mol. The number of ether oxygens (including phenoxy) is 1. The van der Waals surface area contributed by atoms with Gasteiger partial charge in [-0.1, -0.05) is 0 Å². The highest BCUT2D eigenvalue weighted by molar-refractivity contribution is 9.10. The second-order valence-corrected chi connectivity index (χ2v) is 8.44. The highest BCUT2D eigenvalue weighted by Gasteiger charge is 2.15. The van der Waals surface area contributed by atoms with E-state index < -0.39 is 11.6 Å². The van der Waals surface area contributed by atoms with Crippen LogP contribution in [0.3, 0.4) is 0 Å². The highest BCUT2D eigenvalue weighted by atomic mass is 79.9. The number of aromatic nitrogens is 2. The van der Waals surface area contributed by atoms with Crippen molar-refractivity contribution in [2.75, 3.05) is 44.8 Å². The van der Waals surface area contributed by atoms with Gasteiger partial charge < -0.3 is 26.0 Å². The summed E-state index contributed by atoms with van der Waals surface area (Å²) in [7, 11) is 3.92. The first-order chi connectivity index (χ1) is 15.8. The lowest BCUT2D eigenvalue weighted by molar-refractivity contribution is -0.121. The average Bonchev–Trinajstić information content (AvgIpc) is 2.77. The molecule has 8 nitrogen and oxygen atoms in total. The SMILES string of the molecule is CN(C)CCCC(=O)NCCOc1cc2ncnc(Nc3ccc(Br)c(F)c3F)c2cc1N. The number of halogens is 3. The van der Waals surface area contributed by atoms with E-state index in [1.54, 1.807) is 12.1 Å². The van der Waals surface area contributed by atoms with Crippen molar-refractivity contribution in [3.63, 3.8) is 0 Å². The van der Waals surface area contributed by atoms with Crippen molar-refractivity contribution in [1.29, 1.82) is 0 Å². The Balaban J connectivity index is 1.65. The van der Waals surface area contributed by atoms with E-state index in [0.29, 0.717) is 35.3 Å². The molecule has 4 N–H and O–H groups in total. The summed E-state index contributed by atoms with van der Waals surface area (Å²) in [6.45, 7) is 1.41. The third-order valence-corrected chi connectivity index (χ3v) is 5.36. The summed E-state index contributed by atoms with van der Waals surface area (Å²) in [5.74, 6) is -1.41. The quantitative estimate of drug-likeness (QED) is 0.211. The maximum Gasteiger partial charge on any atom is 0.220 e. The lowest BCUT2D eigenvalue weighted by Gasteiger charge is -2.13. The van der Waals surface area contributed by atoms with Crippen LogP contribution in [0.2, 0.25) is 0 Å². The van der Waals surface area contributed by atoms with Gasteiger partial charge in [-0.05, 0) is 61.2 Å². The minimum absolute atomic E-state index is 0.0221. The number of nitrogens with one attached hydrogen (secondary N) is 2. The number of rotatable bonds is 10. The Morgan fingerprint density at radius 3 is 2.76 bits per heavy atom. The van der Waals surface area contributed by atoms with E-state index in [4.69, 9.17) is 10.5 Å². The van der Waals surface area contributed by atoms with Crippen LogP contribution in [0.25, 0.3) is 10.9 Å². The van der Waals surface area contributed by atoms with E-state index in [1.807, 2.05) is 19.0 Å². The molecule has 1 aromatic heterocycles. The Bertz CT molecular complexity index is 1150. The van der Waals surface area contributed by atoms with Crippen molar-refractivity contribution >= 4 is 49.9 Å². The van der Waals surface area contributed by atoms with Crippen molar-refractivity contribution in [3.8, 4) is 5.75 Å². The first kappa shape index (κ1) is 24.6. The number of benzene rings is 2. The number of nitrogens with two attached hydrogens (primary N) is 1. The number of fused-ring (bicyclic) bond motifs is 1. The number of carbonyl (C=O) groups excluding carboxylic acids is 1. The molecular formula is C22H25BrF2N6O2. The fraction of sp³-hybridized carbons (Fsp3) is 0.318. The lowest BCUT2D eigenvalue weighted by atomic mass is 10.2. The monoisotopic (exact) mass is 522 g/mol. The van der Waals surface area contributed by atoms with E-state index in [0.717, 1.165) is 13.0 Å². The van der Waals surface area contributed by atoms with Crippen LogP contribution < -0.4 is 21.1 Å². The zero-order valence-corrected chi connectivity index (χ0v) is 19.9. The molecule has 0 aliphatic rings. The van der Waals surface area contributed by atoms with E-state index in [-0.39, 0.29) is 28.5 Å². The molecule has 0 spiro atoms. The summed E-state index contributed by atoms with van der Waals surface area (Å²) in [6, 6.07) is 6.02. The number of anilines is 3. The van der Waals surface area contributed by atoms with Crippen LogP contribution in [0.15, 0.2) is 35.1 Å². The first-order valence-corrected chi connectivity index (χ1v) is 11.0. The summed E-state index contributed by atoms with van der Waals surface area (Å²) >= 11 is 2.95. The van der Waals surface area contributed by atoms with Crippen LogP contribution >= 0.6 is 15.9 Å². The third kappa shape index (κ3) is 6.48. The zero-order chi connectivity index (χ0) is 24.0. The Kier molecular flexibility index (Phi) is 8.34. The van der Waals surface area contributed by atoms with Gasteiger partial charge in [0.15, 0.2) is 11.6 Å². The Labute approximate surface area is 198 Å². The normalized spacial score (nSPS) is 11.1. The van der Waals surface area contributed by atoms with Crippen molar-refractivity contribution in [2.24, 2.45) is 0 Å². The molecular weight excluding hydrogens is 498 g/mol. The summed E-state index contributed by atoms with van der Waals surface area (Å²) in [5, 5.41) is 6.10. The van der Waals surface area contributed by atoms with Crippen molar-refractivity contribution in [3.05, 3.63) is 46.7 Å². The Morgan fingerprint density at radius 1 is 1.21 bits per heavy atom. The molecule has 33 heavy (non-hydrogen) atoms. The maximum absolute atomic E-state index is 14.2. The maximum atomic E-state index is 14.2. The number of nitrogen functional groups attached to an aromatic ring is 1. The summed E-state index contributed by atoms with van der Waals surface area (Å²) in [5.41, 5.74) is 6.87. The molecule has 0 radical (unpaired) electrons. The van der Waals surface area contributed by atoms with Gasteiger partial charge in [-0.25, -0.2) is 18.7 Å². The van der Waals surface area contributed by atoms with E-state index in [9.17, 15) is 13.6 Å². The lowest BCUT2D eigenvalue weighted by Crippen LogP contribution is -2.28. The molecule has 1 heterocycles.